The predicted octanol–water partition coefficient (Wildman–Crippen LogP) is 2.29. The highest BCUT2D eigenvalue weighted by molar-refractivity contribution is 6.32. The van der Waals surface area contributed by atoms with Gasteiger partial charge in [0.1, 0.15) is 5.69 Å². The second-order valence-electron chi connectivity index (χ2n) is 5.67. The van der Waals surface area contributed by atoms with Gasteiger partial charge in [0.05, 0.1) is 17.3 Å². The first-order chi connectivity index (χ1) is 9.74. The van der Waals surface area contributed by atoms with E-state index in [0.29, 0.717) is 29.7 Å². The van der Waals surface area contributed by atoms with E-state index in [1.807, 2.05) is 0 Å². The minimum Gasteiger partial charge on any atom is -0.377 e. The molecule has 5 nitrogen and oxygen atoms in total. The van der Waals surface area contributed by atoms with Crippen molar-refractivity contribution < 1.29 is 4.74 Å². The van der Waals surface area contributed by atoms with Crippen molar-refractivity contribution >= 4 is 17.3 Å². The zero-order chi connectivity index (χ0) is 13.9. The van der Waals surface area contributed by atoms with Crippen LogP contribution in [0.2, 0.25) is 5.02 Å². The molecule has 2 fully saturated rings. The number of rotatable bonds is 5. The summed E-state index contributed by atoms with van der Waals surface area (Å²) in [6.07, 6.45) is 7.49. The van der Waals surface area contributed by atoms with Gasteiger partial charge < -0.3 is 10.1 Å². The molecule has 0 aromatic carbocycles. The molecule has 110 valence electrons. The highest BCUT2D eigenvalue weighted by Crippen LogP contribution is 2.27. The topological polar surface area (TPSA) is 56.1 Å². The second kappa shape index (κ2) is 6.14. The van der Waals surface area contributed by atoms with Crippen LogP contribution >= 0.6 is 11.6 Å². The molecular formula is C14H20ClN3O2. The fourth-order valence-electron chi connectivity index (χ4n) is 2.70. The van der Waals surface area contributed by atoms with Crippen LogP contribution in [-0.4, -0.2) is 29.0 Å². The first-order valence-corrected chi connectivity index (χ1v) is 7.73. The lowest BCUT2D eigenvalue weighted by atomic mass is 9.85. The Morgan fingerprint density at radius 2 is 2.25 bits per heavy atom. The number of hydrogen-bond acceptors (Lipinski definition) is 4. The second-order valence-corrected chi connectivity index (χ2v) is 6.07. The number of nitrogens with zero attached hydrogens (tertiary/aromatic N) is 2. The maximum absolute atomic E-state index is 12.4. The molecule has 1 aliphatic carbocycles. The number of anilines is 1. The number of nitrogens with one attached hydrogen (secondary N) is 1. The number of halogens is 1. The van der Waals surface area contributed by atoms with Gasteiger partial charge >= 0.3 is 0 Å². The fraction of sp³-hybridized carbons (Fsp3) is 0.714. The quantitative estimate of drug-likeness (QED) is 0.906. The Hall–Kier alpha value is -1.07. The Morgan fingerprint density at radius 3 is 2.90 bits per heavy atom. The van der Waals surface area contributed by atoms with Crippen LogP contribution < -0.4 is 10.9 Å². The largest absolute Gasteiger partial charge is 0.377 e. The third-order valence-corrected chi connectivity index (χ3v) is 4.47. The Morgan fingerprint density at radius 1 is 1.40 bits per heavy atom. The van der Waals surface area contributed by atoms with Gasteiger partial charge in [-0.3, -0.25) is 4.79 Å². The first-order valence-electron chi connectivity index (χ1n) is 7.35. The van der Waals surface area contributed by atoms with Gasteiger partial charge in [-0.25, -0.2) is 4.68 Å². The Labute approximate surface area is 123 Å². The van der Waals surface area contributed by atoms with Crippen molar-refractivity contribution in [2.45, 2.75) is 44.8 Å². The molecule has 1 aromatic rings. The van der Waals surface area contributed by atoms with Gasteiger partial charge in [-0.15, -0.1) is 0 Å². The molecule has 6 heteroatoms. The van der Waals surface area contributed by atoms with Crippen LogP contribution in [0.4, 0.5) is 5.69 Å². The van der Waals surface area contributed by atoms with E-state index >= 15 is 0 Å². The van der Waals surface area contributed by atoms with Gasteiger partial charge in [0.25, 0.3) is 5.56 Å². The molecule has 1 saturated carbocycles. The molecule has 2 aliphatic rings. The van der Waals surface area contributed by atoms with Crippen LogP contribution in [-0.2, 0) is 11.3 Å². The Balaban J connectivity index is 1.70. The van der Waals surface area contributed by atoms with Crippen LogP contribution in [0, 0.1) is 5.92 Å². The summed E-state index contributed by atoms with van der Waals surface area (Å²) in [6.45, 7) is 2.13. The van der Waals surface area contributed by atoms with Gasteiger partial charge in [0.2, 0.25) is 0 Å². The molecule has 1 N–H and O–H groups in total. The first kappa shape index (κ1) is 13.9. The lowest BCUT2D eigenvalue weighted by Crippen LogP contribution is -2.32. The van der Waals surface area contributed by atoms with Gasteiger partial charge in [0, 0.05) is 19.7 Å². The van der Waals surface area contributed by atoms with Gasteiger partial charge in [-0.1, -0.05) is 18.0 Å². The molecule has 0 bridgehead atoms. The van der Waals surface area contributed by atoms with E-state index in [1.54, 1.807) is 6.20 Å². The van der Waals surface area contributed by atoms with Crippen LogP contribution in [0.25, 0.3) is 0 Å². The van der Waals surface area contributed by atoms with Crippen LogP contribution in [0.3, 0.4) is 0 Å². The summed E-state index contributed by atoms with van der Waals surface area (Å²) < 4.78 is 7.08. The van der Waals surface area contributed by atoms with Crippen molar-refractivity contribution in [3.8, 4) is 0 Å². The van der Waals surface area contributed by atoms with E-state index in [0.717, 1.165) is 19.4 Å². The van der Waals surface area contributed by atoms with Gasteiger partial charge in [-0.05, 0) is 31.6 Å². The molecule has 1 saturated heterocycles. The molecule has 20 heavy (non-hydrogen) atoms. The number of ether oxygens (including phenoxy) is 1. The third-order valence-electron chi connectivity index (χ3n) is 4.18. The molecule has 1 atom stereocenters. The van der Waals surface area contributed by atoms with Crippen molar-refractivity contribution in [1.29, 1.82) is 0 Å². The summed E-state index contributed by atoms with van der Waals surface area (Å²) in [5.41, 5.74) is 0.332. The van der Waals surface area contributed by atoms with Gasteiger partial charge in [-0.2, -0.15) is 5.10 Å². The van der Waals surface area contributed by atoms with E-state index in [2.05, 4.69) is 10.4 Å². The van der Waals surface area contributed by atoms with Crippen LogP contribution in [0.1, 0.15) is 32.1 Å². The average Bonchev–Trinajstić information content (AvgIpc) is 2.89. The van der Waals surface area contributed by atoms with Crippen LogP contribution in [0.15, 0.2) is 11.0 Å². The molecular weight excluding hydrogens is 278 g/mol. The minimum atomic E-state index is -0.123. The Bertz CT molecular complexity index is 522. The molecule has 1 aromatic heterocycles. The van der Waals surface area contributed by atoms with E-state index in [4.69, 9.17) is 16.3 Å². The average molecular weight is 298 g/mol. The smallest absolute Gasteiger partial charge is 0.291 e. The minimum absolute atomic E-state index is 0.123. The van der Waals surface area contributed by atoms with E-state index in [1.165, 1.54) is 23.9 Å². The van der Waals surface area contributed by atoms with Crippen molar-refractivity contribution in [3.05, 3.63) is 21.6 Å². The summed E-state index contributed by atoms with van der Waals surface area (Å²) in [6, 6.07) is 0. The monoisotopic (exact) mass is 297 g/mol. The number of hydrogen-bond donors (Lipinski definition) is 1. The maximum atomic E-state index is 12.4. The normalized spacial score (nSPS) is 22.8. The molecule has 0 radical (unpaired) electrons. The van der Waals surface area contributed by atoms with E-state index in [9.17, 15) is 4.79 Å². The molecule has 3 rings (SSSR count). The fourth-order valence-corrected chi connectivity index (χ4v) is 2.89. The highest BCUT2D eigenvalue weighted by Gasteiger charge is 2.21. The zero-order valence-electron chi connectivity index (χ0n) is 11.5. The summed E-state index contributed by atoms with van der Waals surface area (Å²) in [5.74, 6) is 0.590. The Kier molecular flexibility index (Phi) is 4.27. The summed E-state index contributed by atoms with van der Waals surface area (Å²) in [5, 5.41) is 7.67. The van der Waals surface area contributed by atoms with Crippen molar-refractivity contribution in [2.24, 2.45) is 5.92 Å². The van der Waals surface area contributed by atoms with E-state index in [-0.39, 0.29) is 11.7 Å². The molecule has 2 heterocycles. The summed E-state index contributed by atoms with van der Waals surface area (Å²) >= 11 is 6.09. The lowest BCUT2D eigenvalue weighted by Gasteiger charge is -2.25. The summed E-state index contributed by atoms with van der Waals surface area (Å²) in [4.78, 5) is 12.4. The molecule has 1 aliphatic heterocycles. The maximum Gasteiger partial charge on any atom is 0.291 e. The van der Waals surface area contributed by atoms with Crippen molar-refractivity contribution in [2.75, 3.05) is 18.5 Å². The SMILES string of the molecule is O=c1c(NCC2CCCO2)c(Cl)cnn1CC1CCC1. The third kappa shape index (κ3) is 2.99. The lowest BCUT2D eigenvalue weighted by molar-refractivity contribution is 0.120. The summed E-state index contributed by atoms with van der Waals surface area (Å²) in [7, 11) is 0. The van der Waals surface area contributed by atoms with E-state index < -0.39 is 0 Å². The molecule has 0 amide bonds. The van der Waals surface area contributed by atoms with Gasteiger partial charge in [0.15, 0.2) is 0 Å². The number of aromatic nitrogens is 2. The molecule has 1 unspecified atom stereocenters. The van der Waals surface area contributed by atoms with Crippen LogP contribution in [0.5, 0.6) is 0 Å². The van der Waals surface area contributed by atoms with Crippen molar-refractivity contribution in [1.82, 2.24) is 9.78 Å². The highest BCUT2D eigenvalue weighted by atomic mass is 35.5. The zero-order valence-corrected chi connectivity index (χ0v) is 12.2. The molecule has 0 spiro atoms. The van der Waals surface area contributed by atoms with Crippen molar-refractivity contribution in [3.63, 3.8) is 0 Å². The predicted molar refractivity (Wildman–Crippen MR) is 78.3 cm³/mol. The standard InChI is InChI=1S/C14H20ClN3O2/c15-12-8-17-18(9-10-3-1-4-10)14(19)13(12)16-7-11-5-2-6-20-11/h8,10-11,16H,1-7,9H2.